The van der Waals surface area contributed by atoms with E-state index >= 15 is 0 Å². The molecule has 1 heterocycles. The molecule has 1 atom stereocenters. The summed E-state index contributed by atoms with van der Waals surface area (Å²) in [6, 6.07) is 14.5. The van der Waals surface area contributed by atoms with E-state index in [-0.39, 0.29) is 11.1 Å². The van der Waals surface area contributed by atoms with Gasteiger partial charge < -0.3 is 10.1 Å². The van der Waals surface area contributed by atoms with Crippen molar-refractivity contribution in [2.24, 2.45) is 0 Å². The number of ether oxygens (including phenoxy) is 1. The molecule has 1 N–H and O–H groups in total. The zero-order valence-corrected chi connectivity index (χ0v) is 13.6. The Morgan fingerprint density at radius 2 is 1.70 bits per heavy atom. The van der Waals surface area contributed by atoms with Gasteiger partial charge in [0.25, 0.3) is 11.1 Å². The molecule has 6 heteroatoms. The Balaban J connectivity index is 1.76. The second-order valence-electron chi connectivity index (χ2n) is 5.15. The topological polar surface area (TPSA) is 58.6 Å². The summed E-state index contributed by atoms with van der Waals surface area (Å²) in [5.41, 5.74) is 2.43. The van der Waals surface area contributed by atoms with Crippen LogP contribution in [0, 0.1) is 6.92 Å². The van der Waals surface area contributed by atoms with Gasteiger partial charge >= 0.3 is 0 Å². The first-order valence-corrected chi connectivity index (χ1v) is 7.98. The molecule has 2 aromatic carbocycles. The van der Waals surface area contributed by atoms with Crippen LogP contribution < -0.4 is 15.0 Å². The summed E-state index contributed by atoms with van der Waals surface area (Å²) >= 11 is 0.981. The number of hydrogen-bond acceptors (Lipinski definition) is 5. The van der Waals surface area contributed by atoms with Crippen molar-refractivity contribution in [3.8, 4) is 5.75 Å². The standard InChI is InChI=1S/C17H16N2O3S/c1-11-3-7-13(8-4-11)19-16(20)15(23-17(19)21)18-12-5-9-14(22-2)10-6-12/h3-10,15,18H,1-2H3. The highest BCUT2D eigenvalue weighted by atomic mass is 32.2. The Bertz CT molecular complexity index is 729. The largest absolute Gasteiger partial charge is 0.497 e. The van der Waals surface area contributed by atoms with Crippen molar-refractivity contribution in [3.63, 3.8) is 0 Å². The second kappa shape index (κ2) is 6.34. The average Bonchev–Trinajstić information content (AvgIpc) is 2.83. The molecule has 118 valence electrons. The molecule has 1 aliphatic rings. The Kier molecular flexibility index (Phi) is 4.25. The number of nitrogens with one attached hydrogen (secondary N) is 1. The van der Waals surface area contributed by atoms with E-state index in [1.54, 1.807) is 31.4 Å². The number of thioether (sulfide) groups is 1. The van der Waals surface area contributed by atoms with Crippen LogP contribution in [0.3, 0.4) is 0 Å². The van der Waals surface area contributed by atoms with E-state index in [4.69, 9.17) is 4.74 Å². The molecule has 2 aromatic rings. The third-order valence-corrected chi connectivity index (χ3v) is 4.47. The molecule has 1 aliphatic heterocycles. The number of carbonyl (C=O) groups is 2. The lowest BCUT2D eigenvalue weighted by atomic mass is 10.2. The van der Waals surface area contributed by atoms with Gasteiger partial charge in [-0.05, 0) is 55.1 Å². The molecule has 0 spiro atoms. The van der Waals surface area contributed by atoms with Crippen molar-refractivity contribution < 1.29 is 14.3 Å². The van der Waals surface area contributed by atoms with Crippen LogP contribution in [-0.4, -0.2) is 23.6 Å². The number of hydrogen-bond donors (Lipinski definition) is 1. The van der Waals surface area contributed by atoms with Crippen LogP contribution in [0.1, 0.15) is 5.56 Å². The van der Waals surface area contributed by atoms with E-state index in [2.05, 4.69) is 5.32 Å². The molecule has 23 heavy (non-hydrogen) atoms. The van der Waals surface area contributed by atoms with Gasteiger partial charge in [-0.15, -0.1) is 0 Å². The van der Waals surface area contributed by atoms with Gasteiger partial charge in [-0.25, -0.2) is 4.90 Å². The quantitative estimate of drug-likeness (QED) is 0.928. The summed E-state index contributed by atoms with van der Waals surface area (Å²) in [6.07, 6.45) is 0. The van der Waals surface area contributed by atoms with E-state index in [1.165, 1.54) is 4.90 Å². The second-order valence-corrected chi connectivity index (χ2v) is 6.20. The highest BCUT2D eigenvalue weighted by molar-refractivity contribution is 8.16. The highest BCUT2D eigenvalue weighted by Gasteiger charge is 2.40. The Morgan fingerprint density at radius 1 is 1.04 bits per heavy atom. The van der Waals surface area contributed by atoms with Gasteiger partial charge in [0.15, 0.2) is 5.37 Å². The Morgan fingerprint density at radius 3 is 2.30 bits per heavy atom. The van der Waals surface area contributed by atoms with Crippen molar-refractivity contribution >= 4 is 34.3 Å². The highest BCUT2D eigenvalue weighted by Crippen LogP contribution is 2.32. The van der Waals surface area contributed by atoms with E-state index in [0.29, 0.717) is 5.69 Å². The molecule has 2 amide bonds. The summed E-state index contributed by atoms with van der Waals surface area (Å²) in [7, 11) is 1.59. The fourth-order valence-electron chi connectivity index (χ4n) is 2.27. The average molecular weight is 328 g/mol. The zero-order chi connectivity index (χ0) is 16.4. The van der Waals surface area contributed by atoms with Gasteiger partial charge in [-0.2, -0.15) is 0 Å². The van der Waals surface area contributed by atoms with E-state index in [0.717, 1.165) is 28.8 Å². The van der Waals surface area contributed by atoms with Crippen LogP contribution in [0.2, 0.25) is 0 Å². The molecule has 0 saturated carbocycles. The number of nitrogens with zero attached hydrogens (tertiary/aromatic N) is 1. The summed E-state index contributed by atoms with van der Waals surface area (Å²) < 4.78 is 5.10. The normalized spacial score (nSPS) is 17.5. The number of amides is 2. The van der Waals surface area contributed by atoms with Crippen molar-refractivity contribution in [2.45, 2.75) is 12.3 Å². The molecule has 0 aliphatic carbocycles. The van der Waals surface area contributed by atoms with Crippen molar-refractivity contribution in [2.75, 3.05) is 17.3 Å². The van der Waals surface area contributed by atoms with Gasteiger partial charge in [0.2, 0.25) is 0 Å². The number of carbonyl (C=O) groups excluding carboxylic acids is 2. The molecule has 0 bridgehead atoms. The van der Waals surface area contributed by atoms with Crippen LogP contribution >= 0.6 is 11.8 Å². The van der Waals surface area contributed by atoms with Crippen LogP contribution in [0.15, 0.2) is 48.5 Å². The van der Waals surface area contributed by atoms with Crippen LogP contribution in [0.5, 0.6) is 5.75 Å². The maximum absolute atomic E-state index is 12.5. The third kappa shape index (κ3) is 3.17. The van der Waals surface area contributed by atoms with Gasteiger partial charge in [0.05, 0.1) is 12.8 Å². The van der Waals surface area contributed by atoms with Crippen LogP contribution in [0.25, 0.3) is 0 Å². The first-order chi connectivity index (χ1) is 11.1. The van der Waals surface area contributed by atoms with Crippen molar-refractivity contribution in [1.29, 1.82) is 0 Å². The molecule has 5 nitrogen and oxygen atoms in total. The number of benzene rings is 2. The summed E-state index contributed by atoms with van der Waals surface area (Å²) in [5.74, 6) is 0.470. The van der Waals surface area contributed by atoms with Crippen molar-refractivity contribution in [3.05, 3.63) is 54.1 Å². The molecule has 1 fully saturated rings. The number of imide groups is 1. The van der Waals surface area contributed by atoms with Gasteiger partial charge in [-0.3, -0.25) is 9.59 Å². The molecule has 0 aromatic heterocycles. The Labute approximate surface area is 138 Å². The van der Waals surface area contributed by atoms with E-state index in [9.17, 15) is 9.59 Å². The number of rotatable bonds is 4. The van der Waals surface area contributed by atoms with Crippen LogP contribution in [-0.2, 0) is 4.79 Å². The lowest BCUT2D eigenvalue weighted by molar-refractivity contribution is -0.116. The molecule has 1 saturated heterocycles. The summed E-state index contributed by atoms with van der Waals surface area (Å²) in [5, 5.41) is 2.18. The van der Waals surface area contributed by atoms with Gasteiger partial charge in [0.1, 0.15) is 5.75 Å². The first-order valence-electron chi connectivity index (χ1n) is 7.10. The zero-order valence-electron chi connectivity index (χ0n) is 12.8. The Hall–Kier alpha value is -2.47. The molecule has 3 rings (SSSR count). The predicted octanol–water partition coefficient (Wildman–Crippen LogP) is 3.64. The SMILES string of the molecule is COc1ccc(NC2SC(=O)N(c3ccc(C)cc3)C2=O)cc1. The van der Waals surface area contributed by atoms with E-state index < -0.39 is 5.37 Å². The maximum Gasteiger partial charge on any atom is 0.295 e. The molecular formula is C17H16N2O3S. The predicted molar refractivity (Wildman–Crippen MR) is 92.1 cm³/mol. The first kappa shape index (κ1) is 15.4. The molecule has 0 radical (unpaired) electrons. The number of methoxy groups -OCH3 is 1. The minimum absolute atomic E-state index is 0.264. The summed E-state index contributed by atoms with van der Waals surface area (Å²) in [6.45, 7) is 1.96. The smallest absolute Gasteiger partial charge is 0.295 e. The van der Waals surface area contributed by atoms with Crippen LogP contribution in [0.4, 0.5) is 16.2 Å². The minimum Gasteiger partial charge on any atom is -0.497 e. The minimum atomic E-state index is -0.628. The maximum atomic E-state index is 12.5. The van der Waals surface area contributed by atoms with E-state index in [1.807, 2.05) is 31.2 Å². The lowest BCUT2D eigenvalue weighted by Crippen LogP contribution is -2.34. The number of aryl methyl sites for hydroxylation is 1. The summed E-state index contributed by atoms with van der Waals surface area (Å²) in [4.78, 5) is 25.9. The van der Waals surface area contributed by atoms with Gasteiger partial charge in [0, 0.05) is 5.69 Å². The molecular weight excluding hydrogens is 312 g/mol. The molecule has 1 unspecified atom stereocenters. The lowest BCUT2D eigenvalue weighted by Gasteiger charge is -2.15. The third-order valence-electron chi connectivity index (χ3n) is 3.53. The van der Waals surface area contributed by atoms with Crippen molar-refractivity contribution in [1.82, 2.24) is 0 Å². The fraction of sp³-hybridized carbons (Fsp3) is 0.176. The fourth-order valence-corrected chi connectivity index (χ4v) is 3.17. The monoisotopic (exact) mass is 328 g/mol. The van der Waals surface area contributed by atoms with Gasteiger partial charge in [-0.1, -0.05) is 17.7 Å². The number of anilines is 2.